The summed E-state index contributed by atoms with van der Waals surface area (Å²) in [6.45, 7) is 1.63. The Kier molecular flexibility index (Phi) is 10.7. The lowest BCUT2D eigenvalue weighted by atomic mass is 9.85. The highest BCUT2D eigenvalue weighted by atomic mass is 32.2. The largest absolute Gasteiger partial charge is 0.411 e. The number of ketones is 1. The Labute approximate surface area is 178 Å². The van der Waals surface area contributed by atoms with Gasteiger partial charge in [0.05, 0.1) is 17.9 Å². The van der Waals surface area contributed by atoms with Crippen molar-refractivity contribution in [2.75, 3.05) is 5.75 Å². The van der Waals surface area contributed by atoms with Crippen LogP contribution in [0.5, 0.6) is 0 Å². The van der Waals surface area contributed by atoms with E-state index in [9.17, 15) is 20.2 Å². The Morgan fingerprint density at radius 3 is 2.59 bits per heavy atom. The van der Waals surface area contributed by atoms with Gasteiger partial charge in [-0.15, -0.1) is 11.8 Å². The zero-order chi connectivity index (χ0) is 21.1. The molecule has 1 saturated carbocycles. The van der Waals surface area contributed by atoms with Gasteiger partial charge in [0.25, 0.3) is 0 Å². The van der Waals surface area contributed by atoms with Crippen molar-refractivity contribution in [3.8, 4) is 0 Å². The van der Waals surface area contributed by atoms with E-state index < -0.39 is 12.2 Å². The summed E-state index contributed by atoms with van der Waals surface area (Å²) in [5, 5.41) is 33.6. The van der Waals surface area contributed by atoms with E-state index >= 15 is 0 Å². The van der Waals surface area contributed by atoms with Crippen LogP contribution in [0.3, 0.4) is 0 Å². The van der Waals surface area contributed by atoms with E-state index in [1.807, 2.05) is 30.3 Å². The third-order valence-corrected chi connectivity index (χ3v) is 6.96. The molecule has 0 aliphatic heterocycles. The second-order valence-corrected chi connectivity index (χ2v) is 9.24. The Balaban J connectivity index is 1.76. The highest BCUT2D eigenvalue weighted by Crippen LogP contribution is 2.37. The highest BCUT2D eigenvalue weighted by Gasteiger charge is 2.39. The maximum Gasteiger partial charge on any atom is 0.129 e. The Hall–Kier alpha value is -1.37. The number of aliphatic hydroxyl groups is 2. The third-order valence-electron chi connectivity index (χ3n) is 5.80. The number of carbonyl (C=O) groups excluding carboxylic acids is 1. The van der Waals surface area contributed by atoms with Crippen LogP contribution in [0.2, 0.25) is 0 Å². The Morgan fingerprint density at radius 1 is 1.17 bits per heavy atom. The summed E-state index contributed by atoms with van der Waals surface area (Å²) in [6, 6.07) is 10.0. The monoisotopic (exact) mass is 421 g/mol. The molecule has 0 unspecified atom stereocenters. The van der Waals surface area contributed by atoms with Crippen molar-refractivity contribution in [3.05, 3.63) is 30.3 Å². The van der Waals surface area contributed by atoms with Gasteiger partial charge in [-0.3, -0.25) is 0 Å². The standard InChI is InChI=1S/C23H35NO4S/c1-17(25)9-5-2-3-8-12-21-20(22(24-28)15-23(21)27)14-13-18(26)16-29-19-10-6-4-7-11-19/h4,6-7,10-11,18,20-21,23,26-28H,2-3,5,8-9,12-16H2,1H3/b24-22-/t18-,20-,21-,23+/m1/s1. The van der Waals surface area contributed by atoms with Crippen LogP contribution in [0.4, 0.5) is 0 Å². The first kappa shape index (κ1) is 23.9. The molecular formula is C23H35NO4S. The van der Waals surface area contributed by atoms with Crippen LogP contribution >= 0.6 is 11.8 Å². The van der Waals surface area contributed by atoms with E-state index in [0.717, 1.165) is 43.4 Å². The van der Waals surface area contributed by atoms with E-state index in [-0.39, 0.29) is 17.6 Å². The molecule has 0 bridgehead atoms. The number of carbonyl (C=O) groups is 1. The molecule has 1 aliphatic rings. The van der Waals surface area contributed by atoms with Crippen molar-refractivity contribution >= 4 is 23.3 Å². The van der Waals surface area contributed by atoms with Crippen LogP contribution in [0, 0.1) is 11.8 Å². The number of thioether (sulfide) groups is 1. The number of hydrogen-bond donors (Lipinski definition) is 3. The van der Waals surface area contributed by atoms with Gasteiger partial charge < -0.3 is 20.2 Å². The second kappa shape index (κ2) is 13.0. The van der Waals surface area contributed by atoms with Crippen LogP contribution < -0.4 is 0 Å². The molecular weight excluding hydrogens is 386 g/mol. The number of rotatable bonds is 13. The van der Waals surface area contributed by atoms with Crippen molar-refractivity contribution in [2.45, 2.75) is 81.8 Å². The molecule has 0 spiro atoms. The average molecular weight is 422 g/mol. The van der Waals surface area contributed by atoms with Crippen LogP contribution in [0.25, 0.3) is 0 Å². The highest BCUT2D eigenvalue weighted by molar-refractivity contribution is 7.99. The van der Waals surface area contributed by atoms with Crippen molar-refractivity contribution < 1.29 is 20.2 Å². The molecule has 1 aromatic carbocycles. The number of nitrogens with zero attached hydrogens (tertiary/aromatic N) is 1. The van der Waals surface area contributed by atoms with Gasteiger partial charge in [-0.1, -0.05) is 42.6 Å². The number of oxime groups is 1. The minimum atomic E-state index is -0.473. The second-order valence-electron chi connectivity index (χ2n) is 8.14. The molecule has 0 heterocycles. The molecule has 29 heavy (non-hydrogen) atoms. The van der Waals surface area contributed by atoms with E-state index in [1.165, 1.54) is 0 Å². The maximum atomic E-state index is 11.0. The van der Waals surface area contributed by atoms with E-state index in [1.54, 1.807) is 18.7 Å². The zero-order valence-corrected chi connectivity index (χ0v) is 18.2. The van der Waals surface area contributed by atoms with E-state index in [4.69, 9.17) is 0 Å². The minimum absolute atomic E-state index is 0.0311. The number of aliphatic hydroxyl groups excluding tert-OH is 2. The van der Waals surface area contributed by atoms with Gasteiger partial charge >= 0.3 is 0 Å². The molecule has 1 aromatic rings. The average Bonchev–Trinajstić information content (AvgIpc) is 3.02. The molecule has 4 atom stereocenters. The summed E-state index contributed by atoms with van der Waals surface area (Å²) in [5.41, 5.74) is 0.669. The summed E-state index contributed by atoms with van der Waals surface area (Å²) < 4.78 is 0. The van der Waals surface area contributed by atoms with Crippen LogP contribution in [0.1, 0.15) is 64.7 Å². The lowest BCUT2D eigenvalue weighted by Crippen LogP contribution is -2.23. The molecule has 0 saturated heterocycles. The van der Waals surface area contributed by atoms with Crippen molar-refractivity contribution in [3.63, 3.8) is 0 Å². The SMILES string of the molecule is CC(=O)CCCCCC[C@H]1[C@@H](O)C/C(=N/O)[C@@H]1CC[C@@H](O)CSc1ccccc1. The topological polar surface area (TPSA) is 90.1 Å². The van der Waals surface area contributed by atoms with E-state index in [2.05, 4.69) is 5.16 Å². The predicted octanol–water partition coefficient (Wildman–Crippen LogP) is 4.68. The van der Waals surface area contributed by atoms with Crippen LogP contribution in [0.15, 0.2) is 40.4 Å². The molecule has 0 amide bonds. The van der Waals surface area contributed by atoms with Gasteiger partial charge in [0.2, 0.25) is 0 Å². The Bertz CT molecular complexity index is 637. The fourth-order valence-corrected chi connectivity index (χ4v) is 5.09. The maximum absolute atomic E-state index is 11.0. The van der Waals surface area contributed by atoms with Gasteiger partial charge in [0.1, 0.15) is 5.78 Å². The quantitative estimate of drug-likeness (QED) is 0.186. The molecule has 1 fully saturated rings. The Morgan fingerprint density at radius 2 is 1.90 bits per heavy atom. The lowest BCUT2D eigenvalue weighted by molar-refractivity contribution is -0.117. The molecule has 2 rings (SSSR count). The first-order valence-electron chi connectivity index (χ1n) is 10.8. The summed E-state index contributed by atoms with van der Waals surface area (Å²) in [6.07, 6.45) is 6.42. The summed E-state index contributed by atoms with van der Waals surface area (Å²) in [4.78, 5) is 12.1. The van der Waals surface area contributed by atoms with Gasteiger partial charge in [-0.05, 0) is 50.7 Å². The van der Waals surface area contributed by atoms with Gasteiger partial charge in [-0.25, -0.2) is 0 Å². The summed E-state index contributed by atoms with van der Waals surface area (Å²) in [5.74, 6) is 0.987. The molecule has 6 heteroatoms. The summed E-state index contributed by atoms with van der Waals surface area (Å²) in [7, 11) is 0. The first-order chi connectivity index (χ1) is 14.0. The number of unbranched alkanes of at least 4 members (excludes halogenated alkanes) is 3. The smallest absolute Gasteiger partial charge is 0.129 e. The molecule has 1 aliphatic carbocycles. The first-order valence-corrected chi connectivity index (χ1v) is 11.7. The van der Waals surface area contributed by atoms with Crippen LogP contribution in [-0.4, -0.2) is 44.9 Å². The lowest BCUT2D eigenvalue weighted by Gasteiger charge is -2.23. The van der Waals surface area contributed by atoms with Crippen molar-refractivity contribution in [2.24, 2.45) is 17.0 Å². The molecule has 0 aromatic heterocycles. The fourth-order valence-electron chi connectivity index (χ4n) is 4.19. The van der Waals surface area contributed by atoms with Crippen LogP contribution in [-0.2, 0) is 4.79 Å². The van der Waals surface area contributed by atoms with Crippen molar-refractivity contribution in [1.29, 1.82) is 0 Å². The van der Waals surface area contributed by atoms with Crippen molar-refractivity contribution in [1.82, 2.24) is 0 Å². The van der Waals surface area contributed by atoms with Gasteiger partial charge in [-0.2, -0.15) is 0 Å². The summed E-state index contributed by atoms with van der Waals surface area (Å²) >= 11 is 1.64. The molecule has 0 radical (unpaired) electrons. The molecule has 162 valence electrons. The number of hydrogen-bond acceptors (Lipinski definition) is 6. The fraction of sp³-hybridized carbons (Fsp3) is 0.652. The molecule has 3 N–H and O–H groups in total. The van der Waals surface area contributed by atoms with E-state index in [0.29, 0.717) is 30.7 Å². The normalized spacial score (nSPS) is 24.1. The van der Waals surface area contributed by atoms with Gasteiger partial charge in [0.15, 0.2) is 0 Å². The minimum Gasteiger partial charge on any atom is -0.411 e. The number of Topliss-reactive ketones (excluding diaryl/α,β-unsaturated/α-hetero) is 1. The molecule has 5 nitrogen and oxygen atoms in total. The predicted molar refractivity (Wildman–Crippen MR) is 118 cm³/mol. The third kappa shape index (κ3) is 8.49. The zero-order valence-electron chi connectivity index (χ0n) is 17.4. The van der Waals surface area contributed by atoms with Gasteiger partial charge in [0, 0.05) is 29.4 Å². The number of benzene rings is 1.